The molecule has 3 rings (SSSR count). The van der Waals surface area contributed by atoms with Crippen molar-refractivity contribution in [2.45, 2.75) is 44.7 Å². The van der Waals surface area contributed by atoms with Crippen molar-refractivity contribution in [1.82, 2.24) is 14.2 Å². The summed E-state index contributed by atoms with van der Waals surface area (Å²) in [6.07, 6.45) is 2.62. The molecule has 35 heavy (non-hydrogen) atoms. The predicted molar refractivity (Wildman–Crippen MR) is 133 cm³/mol. The van der Waals surface area contributed by atoms with Gasteiger partial charge in [0.05, 0.1) is 13.2 Å². The molecule has 0 radical (unpaired) electrons. The maximum absolute atomic E-state index is 13.6. The molecule has 0 spiro atoms. The molecule has 0 bridgehead atoms. The van der Waals surface area contributed by atoms with Gasteiger partial charge in [0.25, 0.3) is 5.91 Å². The lowest BCUT2D eigenvalue weighted by Crippen LogP contribution is -2.50. The van der Waals surface area contributed by atoms with Gasteiger partial charge in [0.15, 0.2) is 0 Å². The number of hydrogen-bond donors (Lipinski definition) is 1. The maximum atomic E-state index is 13.6. The van der Waals surface area contributed by atoms with E-state index >= 15 is 0 Å². The number of rotatable bonds is 5. The third-order valence-electron chi connectivity index (χ3n) is 5.90. The molecule has 9 heteroatoms. The molecule has 0 unspecified atom stereocenters. The van der Waals surface area contributed by atoms with Crippen LogP contribution < -0.4 is 4.74 Å². The molecule has 8 nitrogen and oxygen atoms in total. The molecular formula is C26H33N3O5S. The molecule has 2 heterocycles. The fourth-order valence-electron chi connectivity index (χ4n) is 3.82. The van der Waals surface area contributed by atoms with Crippen molar-refractivity contribution in [2.75, 3.05) is 26.7 Å². The minimum atomic E-state index is -3.93. The molecule has 0 fully saturated rings. The second-order valence-corrected chi connectivity index (χ2v) is 11.1. The first-order valence-electron chi connectivity index (χ1n) is 11.6. The molecule has 188 valence electrons. The average Bonchev–Trinajstić information content (AvgIpc) is 2.84. The van der Waals surface area contributed by atoms with Crippen LogP contribution in [0.25, 0.3) is 0 Å². The Labute approximate surface area is 208 Å². The predicted octanol–water partition coefficient (Wildman–Crippen LogP) is 2.63. The molecule has 1 N–H and O–H groups in total. The quantitative estimate of drug-likeness (QED) is 0.635. The van der Waals surface area contributed by atoms with Gasteiger partial charge in [-0.05, 0) is 37.3 Å². The van der Waals surface area contributed by atoms with Crippen LogP contribution in [-0.2, 0) is 10.0 Å². The highest BCUT2D eigenvalue weighted by Gasteiger charge is 2.38. The normalized spacial score (nSPS) is 20.4. The van der Waals surface area contributed by atoms with Gasteiger partial charge in [0.1, 0.15) is 16.7 Å². The number of pyridine rings is 1. The van der Waals surface area contributed by atoms with Crippen molar-refractivity contribution in [1.29, 1.82) is 0 Å². The number of aromatic nitrogens is 1. The number of carbonyl (C=O) groups is 1. The Morgan fingerprint density at radius 2 is 1.94 bits per heavy atom. The van der Waals surface area contributed by atoms with Crippen molar-refractivity contribution < 1.29 is 23.1 Å². The van der Waals surface area contributed by atoms with Crippen molar-refractivity contribution in [3.63, 3.8) is 0 Å². The monoisotopic (exact) mass is 499 g/mol. The summed E-state index contributed by atoms with van der Waals surface area (Å²) < 4.78 is 34.7. The zero-order chi connectivity index (χ0) is 25.8. The van der Waals surface area contributed by atoms with Gasteiger partial charge in [0, 0.05) is 55.0 Å². The van der Waals surface area contributed by atoms with Crippen molar-refractivity contribution in [2.24, 2.45) is 11.8 Å². The SMILES string of the molecule is CC(C)C#Cc1ccc2c(c1)O[C@H](CN(C)C(=O)c1ccncc1)[C@@H](C)CN([C@H](C)CO)S2(=O)=O. The lowest BCUT2D eigenvalue weighted by molar-refractivity contribution is 0.0563. The van der Waals surface area contributed by atoms with Crippen LogP contribution >= 0.6 is 0 Å². The smallest absolute Gasteiger partial charge is 0.253 e. The summed E-state index contributed by atoms with van der Waals surface area (Å²) in [5.41, 5.74) is 1.15. The summed E-state index contributed by atoms with van der Waals surface area (Å²) in [6, 6.07) is 7.48. The van der Waals surface area contributed by atoms with Crippen LogP contribution in [0.2, 0.25) is 0 Å². The van der Waals surface area contributed by atoms with Crippen molar-refractivity contribution in [3.8, 4) is 17.6 Å². The van der Waals surface area contributed by atoms with Gasteiger partial charge in [-0.2, -0.15) is 4.31 Å². The van der Waals surface area contributed by atoms with Gasteiger partial charge in [-0.25, -0.2) is 8.42 Å². The maximum Gasteiger partial charge on any atom is 0.253 e. The third kappa shape index (κ3) is 6.20. The van der Waals surface area contributed by atoms with Gasteiger partial charge >= 0.3 is 0 Å². The van der Waals surface area contributed by atoms with Gasteiger partial charge in [-0.3, -0.25) is 9.78 Å². The highest BCUT2D eigenvalue weighted by atomic mass is 32.2. The molecule has 1 aromatic heterocycles. The fraction of sp³-hybridized carbons (Fsp3) is 0.462. The topological polar surface area (TPSA) is 100 Å². The fourth-order valence-corrected chi connectivity index (χ4v) is 5.64. The van der Waals surface area contributed by atoms with E-state index in [4.69, 9.17) is 4.74 Å². The number of nitrogens with zero attached hydrogens (tertiary/aromatic N) is 3. The molecule has 1 aromatic carbocycles. The lowest BCUT2D eigenvalue weighted by Gasteiger charge is -2.37. The first kappa shape index (κ1) is 26.7. The van der Waals surface area contributed by atoms with Crippen LogP contribution in [0.15, 0.2) is 47.6 Å². The second kappa shape index (κ2) is 11.2. The van der Waals surface area contributed by atoms with Crippen LogP contribution in [-0.4, -0.2) is 72.5 Å². The van der Waals surface area contributed by atoms with Gasteiger partial charge in [-0.1, -0.05) is 32.6 Å². The zero-order valence-electron chi connectivity index (χ0n) is 20.8. The first-order valence-corrected chi connectivity index (χ1v) is 13.1. The van der Waals surface area contributed by atoms with E-state index in [9.17, 15) is 18.3 Å². The summed E-state index contributed by atoms with van der Waals surface area (Å²) in [4.78, 5) is 18.5. The Balaban J connectivity index is 2.02. The Morgan fingerprint density at radius 1 is 1.26 bits per heavy atom. The van der Waals surface area contributed by atoms with E-state index < -0.39 is 22.2 Å². The van der Waals surface area contributed by atoms with E-state index in [2.05, 4.69) is 16.8 Å². The number of sulfonamides is 1. The van der Waals surface area contributed by atoms with Gasteiger partial charge in [-0.15, -0.1) is 0 Å². The highest BCUT2D eigenvalue weighted by molar-refractivity contribution is 7.89. The molecule has 1 amide bonds. The summed E-state index contributed by atoms with van der Waals surface area (Å²) >= 11 is 0. The Morgan fingerprint density at radius 3 is 2.57 bits per heavy atom. The number of ether oxygens (including phenoxy) is 1. The molecule has 1 aliphatic rings. The van der Waals surface area contributed by atoms with E-state index in [0.29, 0.717) is 11.1 Å². The lowest BCUT2D eigenvalue weighted by atomic mass is 10.0. The highest BCUT2D eigenvalue weighted by Crippen LogP contribution is 2.34. The molecular weight excluding hydrogens is 466 g/mol. The van der Waals surface area contributed by atoms with Gasteiger partial charge < -0.3 is 14.7 Å². The Hall–Kier alpha value is -2.93. The number of fused-ring (bicyclic) bond motifs is 1. The minimum absolute atomic E-state index is 0.0212. The minimum Gasteiger partial charge on any atom is -0.487 e. The van der Waals surface area contributed by atoms with Crippen LogP contribution in [0.3, 0.4) is 0 Å². The van der Waals surface area contributed by atoms with Crippen molar-refractivity contribution in [3.05, 3.63) is 53.9 Å². The number of aliphatic hydroxyl groups is 1. The zero-order valence-corrected chi connectivity index (χ0v) is 21.6. The molecule has 2 aromatic rings. The van der Waals surface area contributed by atoms with Crippen molar-refractivity contribution >= 4 is 15.9 Å². The number of carbonyl (C=O) groups excluding carboxylic acids is 1. The first-order chi connectivity index (χ1) is 16.5. The summed E-state index contributed by atoms with van der Waals surface area (Å²) in [5.74, 6) is 6.03. The van der Waals surface area contributed by atoms with E-state index in [-0.39, 0.29) is 48.1 Å². The van der Waals surface area contributed by atoms with Crippen LogP contribution in [0.4, 0.5) is 0 Å². The third-order valence-corrected chi connectivity index (χ3v) is 7.92. The summed E-state index contributed by atoms with van der Waals surface area (Å²) in [6.45, 7) is 7.57. The molecule has 1 aliphatic heterocycles. The standard InChI is InChI=1S/C26H33N3O5S/c1-18(2)6-7-21-8-9-25-23(14-21)34-24(16-28(5)26(31)22-10-12-27-13-11-22)19(3)15-29(20(4)17-30)35(25,32)33/h8-14,18-20,24,30H,15-17H2,1-5H3/t19-,20+,24+/m0/s1. The van der Waals surface area contributed by atoms with Gasteiger partial charge in [0.2, 0.25) is 10.0 Å². The average molecular weight is 500 g/mol. The van der Waals surface area contributed by atoms with E-state index in [1.165, 1.54) is 10.4 Å². The number of aliphatic hydroxyl groups excluding tert-OH is 1. The van der Waals surface area contributed by atoms with Crippen LogP contribution in [0, 0.1) is 23.7 Å². The Kier molecular flexibility index (Phi) is 8.54. The van der Waals surface area contributed by atoms with E-state index in [1.807, 2.05) is 20.8 Å². The summed E-state index contributed by atoms with van der Waals surface area (Å²) in [5, 5.41) is 9.78. The molecule has 0 saturated carbocycles. The number of hydrogen-bond acceptors (Lipinski definition) is 6. The van der Waals surface area contributed by atoms with Crippen LogP contribution in [0.5, 0.6) is 5.75 Å². The Bertz CT molecular complexity index is 1200. The number of benzene rings is 1. The largest absolute Gasteiger partial charge is 0.487 e. The van der Waals surface area contributed by atoms with Crippen LogP contribution in [0.1, 0.15) is 43.6 Å². The summed E-state index contributed by atoms with van der Waals surface area (Å²) in [7, 11) is -2.25. The molecule has 0 saturated heterocycles. The second-order valence-electron chi connectivity index (χ2n) is 9.25. The number of amides is 1. The number of likely N-dealkylation sites (N-methyl/N-ethyl adjacent to an activating group) is 1. The van der Waals surface area contributed by atoms with E-state index in [1.54, 1.807) is 55.5 Å². The molecule has 3 atom stereocenters. The molecule has 0 aliphatic carbocycles. The van der Waals surface area contributed by atoms with E-state index in [0.717, 1.165) is 0 Å².